The Kier molecular flexibility index (Phi) is 8.92. The number of hydrogen-bond acceptors (Lipinski definition) is 9. The van der Waals surface area contributed by atoms with Gasteiger partial charge in [0.05, 0.1) is 54.1 Å². The first-order chi connectivity index (χ1) is 21.4. The van der Waals surface area contributed by atoms with Crippen LogP contribution in [0, 0.1) is 8.99 Å². The van der Waals surface area contributed by atoms with Crippen LogP contribution >= 0.6 is 22.6 Å². The predicted molar refractivity (Wildman–Crippen MR) is 171 cm³/mol. The summed E-state index contributed by atoms with van der Waals surface area (Å²) in [6, 6.07) is 12.5. The van der Waals surface area contributed by atoms with Crippen molar-refractivity contribution >= 4 is 57.6 Å². The average molecular weight is 728 g/mol. The zero-order valence-corrected chi connectivity index (χ0v) is 26.0. The van der Waals surface area contributed by atoms with Crippen LogP contribution in [-0.4, -0.2) is 81.7 Å². The Morgan fingerprint density at radius 3 is 1.73 bits per heavy atom. The van der Waals surface area contributed by atoms with E-state index in [0.29, 0.717) is 0 Å². The van der Waals surface area contributed by atoms with Gasteiger partial charge in [-0.15, -0.1) is 0 Å². The van der Waals surface area contributed by atoms with E-state index in [2.05, 4.69) is 0 Å². The van der Waals surface area contributed by atoms with Crippen LogP contribution < -0.4 is 16.4 Å². The van der Waals surface area contributed by atoms with E-state index in [9.17, 15) is 44.4 Å². The molecule has 3 amide bonds. The van der Waals surface area contributed by atoms with Crippen LogP contribution in [0.5, 0.6) is 0 Å². The van der Waals surface area contributed by atoms with E-state index < -0.39 is 79.4 Å². The second kappa shape index (κ2) is 12.4. The summed E-state index contributed by atoms with van der Waals surface area (Å²) in [5, 5.41) is 40.6. The van der Waals surface area contributed by atoms with Crippen molar-refractivity contribution in [2.75, 3.05) is 24.7 Å². The van der Waals surface area contributed by atoms with Gasteiger partial charge in [0.1, 0.15) is 0 Å². The smallest absolute Gasteiger partial charge is 0.249 e. The lowest BCUT2D eigenvalue weighted by Crippen LogP contribution is -2.55. The van der Waals surface area contributed by atoms with E-state index in [0.717, 1.165) is 0 Å². The first kappa shape index (κ1) is 32.4. The lowest BCUT2D eigenvalue weighted by molar-refractivity contribution is -0.118. The van der Waals surface area contributed by atoms with E-state index >= 15 is 0 Å². The molecular weight excluding hydrogens is 697 g/mol. The maximum Gasteiger partial charge on any atom is 0.249 e. The number of nitrogens with zero attached hydrogens (tertiary/aromatic N) is 1. The van der Waals surface area contributed by atoms with Crippen molar-refractivity contribution in [3.63, 3.8) is 0 Å². The van der Waals surface area contributed by atoms with E-state index in [1.807, 2.05) is 22.6 Å². The van der Waals surface area contributed by atoms with E-state index in [-0.39, 0.29) is 60.3 Å². The molecule has 2 aliphatic rings. The highest BCUT2D eigenvalue weighted by Gasteiger charge is 2.53. The van der Waals surface area contributed by atoms with Gasteiger partial charge in [-0.25, -0.2) is 0 Å². The number of primary amides is 2. The number of carbonyl (C=O) groups is 5. The number of nitrogens with two attached hydrogens (primary N) is 2. The standard InChI is InChI=1S/C32H30IN3O9/c33-27-23(17-5-1-3-7-19(17)30(34)44)25-21(41)9-22(42)36-14-32(10-15(39)12-37,11-16(40)13-38)29(43)26(28(25)36)24(27)18-6-2-4-8-20(18)31(35)45/h1-8,15-16,37-40H,9-14H2,(H2,34,44)(H2,35,45). The molecule has 2 heterocycles. The molecule has 12 nitrogen and oxygen atoms in total. The number of carbonyl (C=O) groups excluding carboxylic acids is 5. The van der Waals surface area contributed by atoms with Gasteiger partial charge in [0.2, 0.25) is 17.7 Å². The normalized spacial score (nSPS) is 18.9. The number of rotatable bonds is 10. The van der Waals surface area contributed by atoms with Gasteiger partial charge in [0.15, 0.2) is 11.6 Å². The van der Waals surface area contributed by atoms with Gasteiger partial charge in [-0.2, -0.15) is 0 Å². The van der Waals surface area contributed by atoms with Gasteiger partial charge in [-0.1, -0.05) is 36.4 Å². The number of halogens is 1. The van der Waals surface area contributed by atoms with Crippen LogP contribution in [0.15, 0.2) is 48.5 Å². The summed E-state index contributed by atoms with van der Waals surface area (Å²) in [6.45, 7) is -1.85. The fraction of sp³-hybridized carbons (Fsp3) is 0.281. The molecule has 2 aliphatic heterocycles. The topological polar surface area (TPSA) is 222 Å². The van der Waals surface area contributed by atoms with Crippen LogP contribution in [0.1, 0.15) is 60.7 Å². The molecular formula is C32H30IN3O9. The van der Waals surface area contributed by atoms with Gasteiger partial charge in [0.25, 0.3) is 0 Å². The quantitative estimate of drug-likeness (QED) is 0.131. The van der Waals surface area contributed by atoms with Crippen molar-refractivity contribution < 1.29 is 44.4 Å². The number of anilines is 1. The number of hydrogen-bond donors (Lipinski definition) is 6. The molecule has 0 spiro atoms. The summed E-state index contributed by atoms with van der Waals surface area (Å²) < 4.78 is 0.279. The number of benzene rings is 3. The fourth-order valence-electron chi connectivity index (χ4n) is 6.49. The number of ketones is 2. The maximum atomic E-state index is 14.9. The van der Waals surface area contributed by atoms with Gasteiger partial charge in [-0.05, 0) is 58.7 Å². The average Bonchev–Trinajstić information content (AvgIpc) is 3.01. The third kappa shape index (κ3) is 5.44. The molecule has 0 bridgehead atoms. The Bertz CT molecular complexity index is 1760. The van der Waals surface area contributed by atoms with Crippen LogP contribution in [-0.2, 0) is 4.79 Å². The van der Waals surface area contributed by atoms with Crippen molar-refractivity contribution in [2.45, 2.75) is 31.5 Å². The second-order valence-electron chi connectivity index (χ2n) is 11.3. The van der Waals surface area contributed by atoms with Crippen LogP contribution in [0.4, 0.5) is 5.69 Å². The molecule has 2 atom stereocenters. The van der Waals surface area contributed by atoms with Crippen molar-refractivity contribution in [1.82, 2.24) is 0 Å². The summed E-state index contributed by atoms with van der Waals surface area (Å²) in [6.07, 6.45) is -4.26. The molecule has 5 rings (SSSR count). The Labute approximate surface area is 270 Å². The summed E-state index contributed by atoms with van der Waals surface area (Å²) >= 11 is 1.93. The van der Waals surface area contributed by atoms with Crippen LogP contribution in [0.2, 0.25) is 0 Å². The van der Waals surface area contributed by atoms with Crippen molar-refractivity contribution in [3.05, 3.63) is 74.4 Å². The Morgan fingerprint density at radius 2 is 1.27 bits per heavy atom. The van der Waals surface area contributed by atoms with Crippen molar-refractivity contribution in [2.24, 2.45) is 16.9 Å². The van der Waals surface area contributed by atoms with Crippen molar-refractivity contribution in [3.8, 4) is 22.3 Å². The predicted octanol–water partition coefficient (Wildman–Crippen LogP) is 1.41. The molecule has 0 radical (unpaired) electrons. The van der Waals surface area contributed by atoms with Crippen LogP contribution in [0.3, 0.4) is 0 Å². The number of aliphatic hydroxyl groups is 4. The summed E-state index contributed by atoms with van der Waals surface area (Å²) in [7, 11) is 0. The molecule has 0 aliphatic carbocycles. The number of amides is 3. The highest BCUT2D eigenvalue weighted by molar-refractivity contribution is 14.1. The van der Waals surface area contributed by atoms with E-state index in [1.165, 1.54) is 17.0 Å². The molecule has 3 aromatic rings. The zero-order valence-electron chi connectivity index (χ0n) is 23.8. The molecule has 8 N–H and O–H groups in total. The molecule has 45 heavy (non-hydrogen) atoms. The summed E-state index contributed by atoms with van der Waals surface area (Å²) in [5.74, 6) is -3.56. The minimum absolute atomic E-state index is 0.00429. The number of aliphatic hydroxyl groups excluding tert-OH is 4. The monoisotopic (exact) mass is 727 g/mol. The van der Waals surface area contributed by atoms with E-state index in [4.69, 9.17) is 11.5 Å². The first-order valence-corrected chi connectivity index (χ1v) is 15.1. The van der Waals surface area contributed by atoms with Gasteiger partial charge in [0, 0.05) is 32.4 Å². The molecule has 0 fully saturated rings. The molecule has 13 heteroatoms. The fourth-order valence-corrected chi connectivity index (χ4v) is 7.61. The van der Waals surface area contributed by atoms with E-state index in [1.54, 1.807) is 36.4 Å². The molecule has 2 unspecified atom stereocenters. The minimum Gasteiger partial charge on any atom is -0.394 e. The minimum atomic E-state index is -1.73. The Balaban J connectivity index is 2.00. The number of Topliss-reactive ketones (excluding diaryl/α,β-unsaturated/α-hetero) is 2. The SMILES string of the molecule is NC(=O)c1ccccc1-c1c(I)c(-c2ccccc2C(N)=O)c2c3c1C(=O)CC(=O)N3CC(CC(O)CO)(CC(O)CO)C2=O. The third-order valence-corrected chi connectivity index (χ3v) is 9.42. The Hall–Kier alpha value is -4.02. The lowest BCUT2D eigenvalue weighted by Gasteiger charge is -2.47. The van der Waals surface area contributed by atoms with Gasteiger partial charge >= 0.3 is 0 Å². The van der Waals surface area contributed by atoms with Crippen molar-refractivity contribution in [1.29, 1.82) is 0 Å². The highest BCUT2D eigenvalue weighted by atomic mass is 127. The first-order valence-electron chi connectivity index (χ1n) is 14.0. The van der Waals surface area contributed by atoms with Crippen LogP contribution in [0.25, 0.3) is 22.3 Å². The summed E-state index contributed by atoms with van der Waals surface area (Å²) in [4.78, 5) is 68.9. The molecule has 234 valence electrons. The molecule has 0 saturated carbocycles. The van der Waals surface area contributed by atoms with Gasteiger partial charge < -0.3 is 36.8 Å². The Morgan fingerprint density at radius 1 is 0.800 bits per heavy atom. The zero-order chi connectivity index (χ0) is 32.8. The third-order valence-electron chi connectivity index (χ3n) is 8.34. The highest BCUT2D eigenvalue weighted by Crippen LogP contribution is 2.54. The lowest BCUT2D eigenvalue weighted by atomic mass is 9.66. The summed E-state index contributed by atoms with van der Waals surface area (Å²) in [5.41, 5.74) is 10.5. The van der Waals surface area contributed by atoms with Gasteiger partial charge in [-0.3, -0.25) is 24.0 Å². The molecule has 0 aromatic heterocycles. The maximum absolute atomic E-state index is 14.9. The molecule has 3 aromatic carbocycles. The largest absolute Gasteiger partial charge is 0.394 e. The molecule has 0 saturated heterocycles. The second-order valence-corrected chi connectivity index (χ2v) is 12.3.